The predicted octanol–water partition coefficient (Wildman–Crippen LogP) is 3.19. The molecule has 0 spiro atoms. The molecule has 5 nitrogen and oxygen atoms in total. The van der Waals surface area contributed by atoms with Crippen molar-refractivity contribution in [2.45, 2.75) is 12.7 Å². The minimum Gasteiger partial charge on any atom is -0.477 e. The average molecular weight is 350 g/mol. The fourth-order valence-electron chi connectivity index (χ4n) is 1.54. The van der Waals surface area contributed by atoms with Gasteiger partial charge in [0.05, 0.1) is 11.4 Å². The number of amides is 1. The number of hydrogen-bond acceptors (Lipinski definition) is 5. The fraction of sp³-hybridized carbons (Fsp3) is 0.250. The highest BCUT2D eigenvalue weighted by atomic mass is 32.1. The first kappa shape index (κ1) is 16.4. The first-order valence-electron chi connectivity index (χ1n) is 5.78. The van der Waals surface area contributed by atoms with Crippen molar-refractivity contribution in [3.63, 3.8) is 0 Å². The lowest BCUT2D eigenvalue weighted by Crippen LogP contribution is -2.25. The highest BCUT2D eigenvalue weighted by molar-refractivity contribution is 7.15. The molecule has 0 bridgehead atoms. The van der Waals surface area contributed by atoms with E-state index >= 15 is 0 Å². The summed E-state index contributed by atoms with van der Waals surface area (Å²) in [6, 6.07) is 2.68. The monoisotopic (exact) mass is 350 g/mol. The van der Waals surface area contributed by atoms with E-state index in [1.807, 2.05) is 0 Å². The van der Waals surface area contributed by atoms with Crippen LogP contribution in [0.5, 0.6) is 0 Å². The number of thiophene rings is 1. The van der Waals surface area contributed by atoms with Gasteiger partial charge >= 0.3 is 12.1 Å². The number of rotatable bonds is 4. The van der Waals surface area contributed by atoms with E-state index in [0.29, 0.717) is 0 Å². The van der Waals surface area contributed by atoms with Crippen molar-refractivity contribution in [3.8, 4) is 0 Å². The Morgan fingerprint density at radius 3 is 2.45 bits per heavy atom. The summed E-state index contributed by atoms with van der Waals surface area (Å²) in [5.74, 6) is -1.61. The second kappa shape index (κ2) is 6.05. The maximum Gasteiger partial charge on any atom is 0.434 e. The molecule has 0 unspecified atom stereocenters. The van der Waals surface area contributed by atoms with Crippen molar-refractivity contribution in [1.29, 1.82) is 0 Å². The second-order valence-corrected chi connectivity index (χ2v) is 6.28. The van der Waals surface area contributed by atoms with Gasteiger partial charge in [0.25, 0.3) is 5.91 Å². The summed E-state index contributed by atoms with van der Waals surface area (Å²) in [6.07, 6.45) is -4.51. The van der Waals surface area contributed by atoms with Crippen LogP contribution in [0.4, 0.5) is 13.2 Å². The van der Waals surface area contributed by atoms with Gasteiger partial charge in [-0.15, -0.1) is 22.7 Å². The van der Waals surface area contributed by atoms with Crippen LogP contribution in [0.2, 0.25) is 0 Å². The quantitative estimate of drug-likeness (QED) is 0.919. The van der Waals surface area contributed by atoms with Crippen molar-refractivity contribution < 1.29 is 27.9 Å². The Morgan fingerprint density at radius 2 is 1.95 bits per heavy atom. The number of halogens is 3. The van der Waals surface area contributed by atoms with Crippen molar-refractivity contribution in [1.82, 2.24) is 9.88 Å². The molecule has 0 fully saturated rings. The summed E-state index contributed by atoms with van der Waals surface area (Å²) < 4.78 is 37.4. The van der Waals surface area contributed by atoms with Crippen LogP contribution in [0.3, 0.4) is 0 Å². The number of carbonyl (C=O) groups excluding carboxylic acids is 1. The largest absolute Gasteiger partial charge is 0.477 e. The molecule has 1 N–H and O–H groups in total. The lowest BCUT2D eigenvalue weighted by molar-refractivity contribution is -0.140. The van der Waals surface area contributed by atoms with Gasteiger partial charge in [0.2, 0.25) is 0 Å². The van der Waals surface area contributed by atoms with Gasteiger partial charge in [0.1, 0.15) is 9.88 Å². The SMILES string of the molecule is CN(Cc1nc(C(F)(F)F)cs1)C(=O)c1ccc(C(=O)O)s1. The number of carboxylic acids is 1. The molecule has 0 aliphatic rings. The smallest absolute Gasteiger partial charge is 0.434 e. The van der Waals surface area contributed by atoms with Gasteiger partial charge in [-0.25, -0.2) is 9.78 Å². The van der Waals surface area contributed by atoms with Crippen LogP contribution in [0.15, 0.2) is 17.5 Å². The third kappa shape index (κ3) is 3.63. The summed E-state index contributed by atoms with van der Waals surface area (Å²) in [5.41, 5.74) is -0.988. The van der Waals surface area contributed by atoms with Crippen molar-refractivity contribution in [3.05, 3.63) is 38.0 Å². The average Bonchev–Trinajstić information content (AvgIpc) is 3.05. The van der Waals surface area contributed by atoms with Crippen molar-refractivity contribution >= 4 is 34.6 Å². The molecule has 0 atom stereocenters. The van der Waals surface area contributed by atoms with Gasteiger partial charge in [-0.05, 0) is 12.1 Å². The second-order valence-electron chi connectivity index (χ2n) is 4.25. The molecule has 10 heteroatoms. The zero-order valence-corrected chi connectivity index (χ0v) is 12.7. The molecule has 0 aromatic carbocycles. The van der Waals surface area contributed by atoms with Gasteiger partial charge in [-0.3, -0.25) is 4.79 Å². The van der Waals surface area contributed by atoms with Crippen LogP contribution in [0.1, 0.15) is 30.0 Å². The maximum absolute atomic E-state index is 12.5. The number of alkyl halides is 3. The highest BCUT2D eigenvalue weighted by Gasteiger charge is 2.33. The molecular formula is C12H9F3N2O3S2. The summed E-state index contributed by atoms with van der Waals surface area (Å²) >= 11 is 1.62. The number of aromatic carboxylic acids is 1. The van der Waals surface area contributed by atoms with Gasteiger partial charge in [-0.2, -0.15) is 13.2 Å². The normalized spacial score (nSPS) is 11.5. The van der Waals surface area contributed by atoms with E-state index in [1.54, 1.807) is 0 Å². The van der Waals surface area contributed by atoms with Gasteiger partial charge in [0.15, 0.2) is 5.69 Å². The van der Waals surface area contributed by atoms with Crippen LogP contribution in [-0.4, -0.2) is 33.9 Å². The molecule has 118 valence electrons. The number of hydrogen-bond donors (Lipinski definition) is 1. The van der Waals surface area contributed by atoms with Crippen molar-refractivity contribution in [2.24, 2.45) is 0 Å². The number of carboxylic acid groups (broad SMARTS) is 1. The van der Waals surface area contributed by atoms with Crippen LogP contribution in [-0.2, 0) is 12.7 Å². The zero-order chi connectivity index (χ0) is 16.5. The molecule has 2 heterocycles. The Bertz CT molecular complexity index is 709. The van der Waals surface area contributed by atoms with Crippen LogP contribution in [0, 0.1) is 0 Å². The first-order valence-corrected chi connectivity index (χ1v) is 7.48. The minimum atomic E-state index is -4.51. The molecule has 0 saturated heterocycles. The van der Waals surface area contributed by atoms with Crippen LogP contribution in [0.25, 0.3) is 0 Å². The zero-order valence-electron chi connectivity index (χ0n) is 11.0. The molecule has 0 aliphatic carbocycles. The maximum atomic E-state index is 12.5. The van der Waals surface area contributed by atoms with Crippen LogP contribution >= 0.6 is 22.7 Å². The summed E-state index contributed by atoms with van der Waals surface area (Å²) in [7, 11) is 1.41. The summed E-state index contributed by atoms with van der Waals surface area (Å²) in [5, 5.41) is 9.84. The van der Waals surface area contributed by atoms with E-state index in [2.05, 4.69) is 4.98 Å². The Labute approximate surface area is 130 Å². The van der Waals surface area contributed by atoms with E-state index in [9.17, 15) is 22.8 Å². The standard InChI is InChI=1S/C12H9F3N2O3S2/c1-17(4-9-16-8(5-21-9)12(13,14)15)10(18)6-2-3-7(22-6)11(19)20/h2-3,5H,4H2,1H3,(H,19,20). The topological polar surface area (TPSA) is 70.5 Å². The molecule has 2 aromatic rings. The lowest BCUT2D eigenvalue weighted by Gasteiger charge is -2.14. The van der Waals surface area contributed by atoms with E-state index < -0.39 is 23.7 Å². The molecule has 0 saturated carbocycles. The van der Waals surface area contributed by atoms with Gasteiger partial charge in [-0.1, -0.05) is 0 Å². The third-order valence-electron chi connectivity index (χ3n) is 2.59. The third-order valence-corrected chi connectivity index (χ3v) is 4.48. The van der Waals surface area contributed by atoms with E-state index in [0.717, 1.165) is 28.1 Å². The first-order chi connectivity index (χ1) is 10.2. The molecule has 22 heavy (non-hydrogen) atoms. The molecule has 2 aromatic heterocycles. The fourth-order valence-corrected chi connectivity index (χ4v) is 3.24. The van der Waals surface area contributed by atoms with Crippen molar-refractivity contribution in [2.75, 3.05) is 7.05 Å². The molecular weight excluding hydrogens is 341 g/mol. The van der Waals surface area contributed by atoms with Gasteiger partial charge in [0, 0.05) is 12.4 Å². The number of carbonyl (C=O) groups is 2. The summed E-state index contributed by atoms with van der Waals surface area (Å²) in [4.78, 5) is 27.7. The summed E-state index contributed by atoms with van der Waals surface area (Å²) in [6.45, 7) is -0.0834. The molecule has 0 aliphatic heterocycles. The Morgan fingerprint density at radius 1 is 1.32 bits per heavy atom. The highest BCUT2D eigenvalue weighted by Crippen LogP contribution is 2.30. The molecule has 2 rings (SSSR count). The van der Waals surface area contributed by atoms with E-state index in [1.165, 1.54) is 24.1 Å². The Balaban J connectivity index is 2.07. The molecule has 1 amide bonds. The van der Waals surface area contributed by atoms with Gasteiger partial charge < -0.3 is 10.0 Å². The minimum absolute atomic E-state index is 0.0188. The number of nitrogens with zero attached hydrogens (tertiary/aromatic N) is 2. The molecule has 0 radical (unpaired) electrons. The van der Waals surface area contributed by atoms with Crippen LogP contribution < -0.4 is 0 Å². The Hall–Kier alpha value is -1.94. The number of aromatic nitrogens is 1. The number of thiazole rings is 1. The van der Waals surface area contributed by atoms with E-state index in [4.69, 9.17) is 5.11 Å². The predicted molar refractivity (Wildman–Crippen MR) is 74.2 cm³/mol. The lowest BCUT2D eigenvalue weighted by atomic mass is 10.4. The van der Waals surface area contributed by atoms with E-state index in [-0.39, 0.29) is 21.3 Å². The Kier molecular flexibility index (Phi) is 4.52.